The van der Waals surface area contributed by atoms with Crippen molar-refractivity contribution >= 4 is 36.8 Å². The van der Waals surface area contributed by atoms with E-state index in [-0.39, 0.29) is 31.0 Å². The summed E-state index contributed by atoms with van der Waals surface area (Å²) in [5.41, 5.74) is 6.75. The van der Waals surface area contributed by atoms with Gasteiger partial charge in [-0.3, -0.25) is 18.4 Å². The number of imidazole rings is 1. The van der Waals surface area contributed by atoms with E-state index in [9.17, 15) is 14.2 Å². The Hall–Kier alpha value is -2.84. The molecule has 0 aromatic carbocycles. The minimum Gasteiger partial charge on any atom is -0.476 e. The van der Waals surface area contributed by atoms with Gasteiger partial charge in [0.05, 0.1) is 39.4 Å². The second kappa shape index (κ2) is 12.4. The smallest absolute Gasteiger partial charge is 0.406 e. The molecule has 2 aromatic rings. The second-order valence-corrected chi connectivity index (χ2v) is 9.62. The highest BCUT2D eigenvalue weighted by atomic mass is 31.2. The first kappa shape index (κ1) is 27.7. The third kappa shape index (κ3) is 6.89. The molecule has 0 aliphatic carbocycles. The van der Waals surface area contributed by atoms with Crippen molar-refractivity contribution in [3.63, 3.8) is 0 Å². The predicted octanol–water partition coefficient (Wildman–Crippen LogP) is 1.20. The molecule has 0 saturated carbocycles. The van der Waals surface area contributed by atoms with Gasteiger partial charge >= 0.3 is 19.7 Å². The normalized spacial score (nSPS) is 21.3. The van der Waals surface area contributed by atoms with Crippen molar-refractivity contribution in [3.8, 4) is 5.88 Å². The highest BCUT2D eigenvalue weighted by Gasteiger charge is 2.37. The second-order valence-electron chi connectivity index (χ2n) is 7.79. The third-order valence-electron chi connectivity index (χ3n) is 5.15. The molecule has 0 amide bonds. The number of carbonyl (C=O) groups excluding carboxylic acids is 2. The number of hydrogen-bond acceptors (Lipinski definition) is 13. The monoisotopic (exact) mass is 530 g/mol. The number of anilines is 1. The first-order chi connectivity index (χ1) is 17.2. The number of nitrogens with zero attached hydrogens (tertiary/aromatic N) is 4. The number of carbonyl (C=O) groups is 2. The minimum absolute atomic E-state index is 0.00871. The average molecular weight is 530 g/mol. The Morgan fingerprint density at radius 3 is 2.72 bits per heavy atom. The van der Waals surface area contributed by atoms with Crippen LogP contribution in [0.15, 0.2) is 6.33 Å². The predicted molar refractivity (Wildman–Crippen MR) is 125 cm³/mol. The lowest BCUT2D eigenvalue weighted by molar-refractivity contribution is -0.145. The zero-order chi connectivity index (χ0) is 26.3. The van der Waals surface area contributed by atoms with E-state index in [0.717, 1.165) is 0 Å². The van der Waals surface area contributed by atoms with E-state index in [1.54, 1.807) is 17.8 Å². The molecular weight excluding hydrogens is 499 g/mol. The quantitative estimate of drug-likeness (QED) is 0.277. The number of nitrogen functional groups attached to an aromatic ring is 1. The highest BCUT2D eigenvalue weighted by Crippen LogP contribution is 2.45. The van der Waals surface area contributed by atoms with E-state index in [2.05, 4.69) is 24.8 Å². The van der Waals surface area contributed by atoms with Crippen LogP contribution in [0.3, 0.4) is 0 Å². The minimum atomic E-state index is -4.08. The maximum Gasteiger partial charge on any atom is 0.406 e. The molecule has 1 fully saturated rings. The molecule has 1 aliphatic rings. The lowest BCUT2D eigenvalue weighted by atomic mass is 10.1. The van der Waals surface area contributed by atoms with Gasteiger partial charge < -0.3 is 24.7 Å². The average Bonchev–Trinajstić information content (AvgIpc) is 3.43. The van der Waals surface area contributed by atoms with E-state index >= 15 is 0 Å². The SMILES string of the molecule is CCOC(=O)COP(=O)(NCC(=O)OC)OCC1CC(C)C(n2cnc3c(OCC)nc(N)nc32)O1. The maximum atomic E-state index is 13.1. The van der Waals surface area contributed by atoms with Crippen LogP contribution in [0.2, 0.25) is 0 Å². The first-order valence-electron chi connectivity index (χ1n) is 11.3. The third-order valence-corrected chi connectivity index (χ3v) is 6.65. The number of methoxy groups -OCH3 is 1. The zero-order valence-corrected chi connectivity index (χ0v) is 21.4. The molecule has 200 valence electrons. The van der Waals surface area contributed by atoms with Gasteiger partial charge in [0.2, 0.25) is 11.8 Å². The number of nitrogens with one attached hydrogen (secondary N) is 1. The molecule has 1 aliphatic heterocycles. The molecule has 0 bridgehead atoms. The van der Waals surface area contributed by atoms with Crippen LogP contribution >= 0.6 is 7.75 Å². The van der Waals surface area contributed by atoms with E-state index in [0.29, 0.717) is 24.2 Å². The van der Waals surface area contributed by atoms with Crippen LogP contribution < -0.4 is 15.6 Å². The van der Waals surface area contributed by atoms with Crippen LogP contribution in [0, 0.1) is 5.92 Å². The lowest BCUT2D eigenvalue weighted by Crippen LogP contribution is -2.27. The molecule has 1 saturated heterocycles. The fraction of sp³-hybridized carbons (Fsp3) is 0.650. The molecular formula is C20H31N6O9P. The molecule has 4 unspecified atom stereocenters. The van der Waals surface area contributed by atoms with E-state index in [4.69, 9.17) is 29.0 Å². The summed E-state index contributed by atoms with van der Waals surface area (Å²) in [6, 6.07) is 0. The van der Waals surface area contributed by atoms with Crippen molar-refractivity contribution in [1.29, 1.82) is 0 Å². The first-order valence-corrected chi connectivity index (χ1v) is 12.9. The standard InChI is InChI=1S/C20H31N6O9P/c1-5-31-15(28)10-34-36(29,23-8-14(27)30-4)33-9-13-7-12(3)19(35-13)26-11-22-16-17(26)24-20(21)25-18(16)32-6-2/h11-13,19H,5-10H2,1-4H3,(H,23,29)(H2,21,24,25). The molecule has 15 nitrogen and oxygen atoms in total. The molecule has 16 heteroatoms. The van der Waals surface area contributed by atoms with Gasteiger partial charge in [0.1, 0.15) is 12.8 Å². The van der Waals surface area contributed by atoms with Crippen molar-refractivity contribution in [2.75, 3.05) is 45.8 Å². The zero-order valence-electron chi connectivity index (χ0n) is 20.5. The Morgan fingerprint density at radius 1 is 1.25 bits per heavy atom. The van der Waals surface area contributed by atoms with Gasteiger partial charge in [-0.2, -0.15) is 9.97 Å². The number of rotatable bonds is 13. The van der Waals surface area contributed by atoms with Gasteiger partial charge in [0, 0.05) is 5.92 Å². The summed E-state index contributed by atoms with van der Waals surface area (Å²) >= 11 is 0. The Kier molecular flexibility index (Phi) is 9.56. The summed E-state index contributed by atoms with van der Waals surface area (Å²) in [6.45, 7) is 4.70. The van der Waals surface area contributed by atoms with Gasteiger partial charge in [0.15, 0.2) is 17.8 Å². The summed E-state index contributed by atoms with van der Waals surface area (Å²) in [4.78, 5) is 35.9. The molecule has 2 aromatic heterocycles. The molecule has 0 spiro atoms. The summed E-state index contributed by atoms with van der Waals surface area (Å²) < 4.78 is 46.5. The molecule has 3 heterocycles. The molecule has 0 radical (unpaired) electrons. The number of aromatic nitrogens is 4. The van der Waals surface area contributed by atoms with Crippen molar-refractivity contribution in [3.05, 3.63) is 6.33 Å². The van der Waals surface area contributed by atoms with Crippen molar-refractivity contribution in [1.82, 2.24) is 24.6 Å². The highest BCUT2D eigenvalue weighted by molar-refractivity contribution is 7.51. The number of fused-ring (bicyclic) bond motifs is 1. The van der Waals surface area contributed by atoms with Crippen molar-refractivity contribution < 1.29 is 42.1 Å². The lowest BCUT2D eigenvalue weighted by Gasteiger charge is -2.21. The maximum absolute atomic E-state index is 13.1. The van der Waals surface area contributed by atoms with Crippen LogP contribution in [0.1, 0.15) is 33.4 Å². The van der Waals surface area contributed by atoms with Crippen LogP contribution in [0.4, 0.5) is 5.95 Å². The summed E-state index contributed by atoms with van der Waals surface area (Å²) in [5, 5.41) is 2.38. The Bertz CT molecular complexity index is 1110. The van der Waals surface area contributed by atoms with Gasteiger partial charge in [-0.05, 0) is 20.3 Å². The van der Waals surface area contributed by atoms with Crippen molar-refractivity contribution in [2.24, 2.45) is 5.92 Å². The molecule has 3 rings (SSSR count). The van der Waals surface area contributed by atoms with E-state index in [1.807, 2.05) is 13.8 Å². The topological polar surface area (TPSA) is 188 Å². The van der Waals surface area contributed by atoms with E-state index < -0.39 is 45.2 Å². The van der Waals surface area contributed by atoms with Crippen molar-refractivity contribution in [2.45, 2.75) is 39.5 Å². The number of ether oxygens (including phenoxy) is 4. The largest absolute Gasteiger partial charge is 0.476 e. The fourth-order valence-corrected chi connectivity index (χ4v) is 4.80. The fourth-order valence-electron chi connectivity index (χ4n) is 3.58. The molecule has 36 heavy (non-hydrogen) atoms. The molecule has 4 atom stereocenters. The van der Waals surface area contributed by atoms with Crippen LogP contribution in [-0.2, 0) is 37.4 Å². The van der Waals surface area contributed by atoms with Gasteiger partial charge in [-0.1, -0.05) is 6.92 Å². The van der Waals surface area contributed by atoms with Crippen LogP contribution in [-0.4, -0.2) is 77.6 Å². The summed E-state index contributed by atoms with van der Waals surface area (Å²) in [6.07, 6.45) is 1.14. The Morgan fingerprint density at radius 2 is 2.03 bits per heavy atom. The van der Waals surface area contributed by atoms with Gasteiger partial charge in [0.25, 0.3) is 0 Å². The van der Waals surface area contributed by atoms with E-state index in [1.165, 1.54) is 7.11 Å². The Labute approximate surface area is 207 Å². The van der Waals surface area contributed by atoms with Crippen LogP contribution in [0.5, 0.6) is 5.88 Å². The van der Waals surface area contributed by atoms with Crippen LogP contribution in [0.25, 0.3) is 11.2 Å². The number of hydrogen-bond donors (Lipinski definition) is 2. The summed E-state index contributed by atoms with van der Waals surface area (Å²) in [5.74, 6) is -1.11. The number of esters is 2. The number of nitrogens with two attached hydrogens (primary N) is 1. The van der Waals surface area contributed by atoms with Gasteiger partial charge in [-0.25, -0.2) is 19.4 Å². The Balaban J connectivity index is 1.69. The van der Waals surface area contributed by atoms with Gasteiger partial charge in [-0.15, -0.1) is 0 Å². The summed E-state index contributed by atoms with van der Waals surface area (Å²) in [7, 11) is -2.90. The molecule has 3 N–H and O–H groups in total.